The topological polar surface area (TPSA) is 32.8 Å². The van der Waals surface area contributed by atoms with E-state index in [-0.39, 0.29) is 35.4 Å². The summed E-state index contributed by atoms with van der Waals surface area (Å²) < 4.78 is 49.6. The normalized spacial score (nSPS) is 22.9. The number of hydrogen-bond acceptors (Lipinski definition) is 2. The fourth-order valence-corrected chi connectivity index (χ4v) is 5.09. The van der Waals surface area contributed by atoms with Gasteiger partial charge in [-0.1, -0.05) is 60.7 Å². The highest BCUT2D eigenvalue weighted by Crippen LogP contribution is 2.40. The first kappa shape index (κ1) is 23.8. The Labute approximate surface area is 204 Å². The van der Waals surface area contributed by atoms with Crippen LogP contribution in [0.25, 0.3) is 23.3 Å². The molecule has 2 fully saturated rings. The first-order valence-electron chi connectivity index (χ1n) is 12.3. The third kappa shape index (κ3) is 5.21. The molecule has 2 aliphatic rings. The molecular formula is C30H29F3O2. The Balaban J connectivity index is 1.29. The van der Waals surface area contributed by atoms with E-state index >= 15 is 8.78 Å². The molecule has 1 N–H and O–H groups in total. The summed E-state index contributed by atoms with van der Waals surface area (Å²) >= 11 is 0. The Kier molecular flexibility index (Phi) is 6.81. The number of aliphatic hydroxyl groups is 1. The molecule has 2 atom stereocenters. The van der Waals surface area contributed by atoms with Crippen molar-refractivity contribution in [1.82, 2.24) is 0 Å². The standard InChI is InChI=1S/C30H29F3O2/c1-18(34)20-8-10-22(11-9-20)26-15-14-25(29(32)30(26)33)21-5-2-19(3-6-21)4-7-23-12-13-24(16-27(23)31)28-17-35-28/h2-7,12-16,18,20,22,28,34H,8-11,17H2,1H3/b7-4+. The number of ether oxygens (including phenoxy) is 1. The zero-order valence-electron chi connectivity index (χ0n) is 19.7. The average molecular weight is 479 g/mol. The van der Waals surface area contributed by atoms with Gasteiger partial charge in [-0.3, -0.25) is 0 Å². The summed E-state index contributed by atoms with van der Waals surface area (Å²) in [6.45, 7) is 2.43. The van der Waals surface area contributed by atoms with Gasteiger partial charge in [-0.05, 0) is 72.8 Å². The Bertz CT molecular complexity index is 1220. The smallest absolute Gasteiger partial charge is 0.166 e. The van der Waals surface area contributed by atoms with Crippen LogP contribution in [0, 0.1) is 23.4 Å². The molecule has 0 amide bonds. The largest absolute Gasteiger partial charge is 0.393 e. The monoisotopic (exact) mass is 478 g/mol. The lowest BCUT2D eigenvalue weighted by atomic mass is 9.76. The van der Waals surface area contributed by atoms with Crippen molar-refractivity contribution >= 4 is 12.2 Å². The number of epoxide rings is 1. The second kappa shape index (κ2) is 10.00. The van der Waals surface area contributed by atoms with Crippen LogP contribution in [0.3, 0.4) is 0 Å². The summed E-state index contributed by atoms with van der Waals surface area (Å²) in [5.74, 6) is -1.69. The predicted octanol–water partition coefficient (Wildman–Crippen LogP) is 7.67. The molecule has 1 saturated carbocycles. The molecule has 2 unspecified atom stereocenters. The van der Waals surface area contributed by atoms with Gasteiger partial charge < -0.3 is 9.84 Å². The van der Waals surface area contributed by atoms with Crippen molar-refractivity contribution in [1.29, 1.82) is 0 Å². The molecule has 2 nitrogen and oxygen atoms in total. The molecule has 0 bridgehead atoms. The van der Waals surface area contributed by atoms with Gasteiger partial charge in [0, 0.05) is 11.1 Å². The van der Waals surface area contributed by atoms with Crippen LogP contribution in [0.5, 0.6) is 0 Å². The Morgan fingerprint density at radius 1 is 0.886 bits per heavy atom. The quantitative estimate of drug-likeness (QED) is 0.291. The van der Waals surface area contributed by atoms with Gasteiger partial charge in [-0.15, -0.1) is 0 Å². The minimum atomic E-state index is -0.828. The molecule has 5 rings (SSSR count). The van der Waals surface area contributed by atoms with E-state index in [0.29, 0.717) is 23.3 Å². The molecule has 5 heteroatoms. The number of rotatable bonds is 6. The summed E-state index contributed by atoms with van der Waals surface area (Å²) in [5.41, 5.74) is 3.39. The van der Waals surface area contributed by atoms with E-state index in [1.165, 1.54) is 6.07 Å². The Hall–Kier alpha value is -2.89. The lowest BCUT2D eigenvalue weighted by Gasteiger charge is -2.30. The van der Waals surface area contributed by atoms with Gasteiger partial charge in [0.15, 0.2) is 11.6 Å². The molecular weight excluding hydrogens is 449 g/mol. The molecule has 182 valence electrons. The molecule has 0 spiro atoms. The lowest BCUT2D eigenvalue weighted by Crippen LogP contribution is -2.23. The van der Waals surface area contributed by atoms with Crippen molar-refractivity contribution in [2.24, 2.45) is 5.92 Å². The molecule has 1 aliphatic carbocycles. The maximum absolute atomic E-state index is 15.0. The van der Waals surface area contributed by atoms with E-state index in [9.17, 15) is 9.50 Å². The van der Waals surface area contributed by atoms with Crippen LogP contribution in [0.1, 0.15) is 66.9 Å². The van der Waals surface area contributed by atoms with Crippen LogP contribution >= 0.6 is 0 Å². The maximum Gasteiger partial charge on any atom is 0.166 e. The number of halogens is 3. The van der Waals surface area contributed by atoms with E-state index in [0.717, 1.165) is 36.8 Å². The SMILES string of the molecule is CC(O)C1CCC(c2ccc(-c3ccc(/C=C/c4ccc(C5CO5)cc4F)cc3)c(F)c2F)CC1. The third-order valence-corrected chi connectivity index (χ3v) is 7.41. The van der Waals surface area contributed by atoms with Gasteiger partial charge in [0.25, 0.3) is 0 Å². The zero-order valence-corrected chi connectivity index (χ0v) is 19.7. The van der Waals surface area contributed by atoms with E-state index in [1.807, 2.05) is 6.07 Å². The number of benzene rings is 3. The van der Waals surface area contributed by atoms with Crippen LogP contribution in [-0.4, -0.2) is 17.8 Å². The molecule has 0 radical (unpaired) electrons. The van der Waals surface area contributed by atoms with Crippen LogP contribution in [0.2, 0.25) is 0 Å². The van der Waals surface area contributed by atoms with Crippen molar-refractivity contribution in [2.45, 2.75) is 50.7 Å². The maximum atomic E-state index is 15.0. The summed E-state index contributed by atoms with van der Waals surface area (Å²) in [5, 5.41) is 9.79. The fourth-order valence-electron chi connectivity index (χ4n) is 5.09. The van der Waals surface area contributed by atoms with Crippen molar-refractivity contribution in [3.05, 3.63) is 94.3 Å². The predicted molar refractivity (Wildman–Crippen MR) is 132 cm³/mol. The minimum Gasteiger partial charge on any atom is -0.393 e. The van der Waals surface area contributed by atoms with Gasteiger partial charge in [0.2, 0.25) is 0 Å². The summed E-state index contributed by atoms with van der Waals surface area (Å²) in [4.78, 5) is 0. The van der Waals surface area contributed by atoms with Gasteiger partial charge >= 0.3 is 0 Å². The van der Waals surface area contributed by atoms with Gasteiger partial charge in [-0.2, -0.15) is 0 Å². The van der Waals surface area contributed by atoms with Crippen LogP contribution < -0.4 is 0 Å². The molecule has 0 aromatic heterocycles. The Morgan fingerprint density at radius 2 is 1.60 bits per heavy atom. The number of hydrogen-bond donors (Lipinski definition) is 1. The van der Waals surface area contributed by atoms with Gasteiger partial charge in [0.1, 0.15) is 11.9 Å². The lowest BCUT2D eigenvalue weighted by molar-refractivity contribution is 0.0964. The highest BCUT2D eigenvalue weighted by atomic mass is 19.2. The average Bonchev–Trinajstić information content (AvgIpc) is 3.71. The first-order chi connectivity index (χ1) is 16.9. The number of aliphatic hydroxyl groups excluding tert-OH is 1. The molecule has 3 aromatic carbocycles. The van der Waals surface area contributed by atoms with Gasteiger partial charge in [0.05, 0.1) is 12.7 Å². The fraction of sp³-hybridized carbons (Fsp3) is 0.333. The van der Waals surface area contributed by atoms with E-state index in [1.54, 1.807) is 61.5 Å². The van der Waals surface area contributed by atoms with Crippen molar-refractivity contribution in [3.8, 4) is 11.1 Å². The molecule has 35 heavy (non-hydrogen) atoms. The minimum absolute atomic E-state index is 0.0134. The van der Waals surface area contributed by atoms with Crippen molar-refractivity contribution in [3.63, 3.8) is 0 Å². The third-order valence-electron chi connectivity index (χ3n) is 7.41. The van der Waals surface area contributed by atoms with Crippen LogP contribution in [-0.2, 0) is 4.74 Å². The van der Waals surface area contributed by atoms with Crippen molar-refractivity contribution < 1.29 is 23.0 Å². The first-order valence-corrected chi connectivity index (χ1v) is 12.3. The van der Waals surface area contributed by atoms with E-state index in [2.05, 4.69) is 0 Å². The molecule has 1 saturated heterocycles. The van der Waals surface area contributed by atoms with Gasteiger partial charge in [-0.25, -0.2) is 13.2 Å². The summed E-state index contributed by atoms with van der Waals surface area (Å²) in [6, 6.07) is 15.5. The molecule has 1 heterocycles. The van der Waals surface area contributed by atoms with E-state index in [4.69, 9.17) is 4.74 Å². The Morgan fingerprint density at radius 3 is 2.23 bits per heavy atom. The van der Waals surface area contributed by atoms with E-state index < -0.39 is 11.6 Å². The highest BCUT2D eigenvalue weighted by Gasteiger charge is 2.28. The zero-order chi connectivity index (χ0) is 24.5. The molecule has 1 aliphatic heterocycles. The second-order valence-electron chi connectivity index (χ2n) is 9.74. The summed E-state index contributed by atoms with van der Waals surface area (Å²) in [6.07, 6.45) is 6.29. The van der Waals surface area contributed by atoms with Crippen LogP contribution in [0.15, 0.2) is 54.6 Å². The highest BCUT2D eigenvalue weighted by molar-refractivity contribution is 5.72. The summed E-state index contributed by atoms with van der Waals surface area (Å²) in [7, 11) is 0. The van der Waals surface area contributed by atoms with Crippen molar-refractivity contribution in [2.75, 3.05) is 6.61 Å². The second-order valence-corrected chi connectivity index (χ2v) is 9.74. The van der Waals surface area contributed by atoms with Crippen LogP contribution in [0.4, 0.5) is 13.2 Å². The molecule has 3 aromatic rings.